The van der Waals surface area contributed by atoms with Crippen LogP contribution in [0.15, 0.2) is 53.5 Å². The van der Waals surface area contributed by atoms with Crippen LogP contribution in [0.2, 0.25) is 0 Å². The first-order chi connectivity index (χ1) is 15.7. The molecule has 0 bridgehead atoms. The maximum atomic E-state index is 12.4. The topological polar surface area (TPSA) is 41.9 Å². The summed E-state index contributed by atoms with van der Waals surface area (Å²) in [5, 5.41) is 1.26. The molecule has 4 nitrogen and oxygen atoms in total. The van der Waals surface area contributed by atoms with Crippen LogP contribution in [0.5, 0.6) is 0 Å². The van der Waals surface area contributed by atoms with Gasteiger partial charge < -0.3 is 9.64 Å². The molecule has 0 saturated carbocycles. The van der Waals surface area contributed by atoms with Gasteiger partial charge in [0.1, 0.15) is 5.60 Å². The Kier molecular flexibility index (Phi) is 7.18. The zero-order valence-corrected chi connectivity index (χ0v) is 21.3. The summed E-state index contributed by atoms with van der Waals surface area (Å²) in [6.07, 6.45) is 1.71. The predicted octanol–water partition coefficient (Wildman–Crippen LogP) is 7.31. The number of ether oxygens (including phenoxy) is 1. The lowest BCUT2D eigenvalue weighted by molar-refractivity contribution is 0.0202. The Bertz CT molecular complexity index is 999. The lowest BCUT2D eigenvalue weighted by Crippen LogP contribution is -2.42. The number of piperidine rings is 1. The molecule has 1 atom stereocenters. The minimum atomic E-state index is -0.449. The van der Waals surface area contributed by atoms with E-state index < -0.39 is 5.60 Å². The van der Waals surface area contributed by atoms with Gasteiger partial charge in [0.2, 0.25) is 0 Å². The number of carbonyl (C=O) groups excluding carboxylic acids is 1. The minimum Gasteiger partial charge on any atom is -0.444 e. The van der Waals surface area contributed by atoms with E-state index in [4.69, 9.17) is 9.73 Å². The number of likely N-dealkylation sites (tertiary alicyclic amines) is 1. The summed E-state index contributed by atoms with van der Waals surface area (Å²) in [7, 11) is 0. The highest BCUT2D eigenvalue weighted by atomic mass is 32.2. The van der Waals surface area contributed by atoms with E-state index in [9.17, 15) is 4.79 Å². The third kappa shape index (κ3) is 5.81. The molecule has 2 aromatic rings. The summed E-state index contributed by atoms with van der Waals surface area (Å²) in [4.78, 5) is 19.4. The number of thioether (sulfide) groups is 1. The van der Waals surface area contributed by atoms with Crippen molar-refractivity contribution in [3.8, 4) is 11.1 Å². The molecule has 0 aliphatic carbocycles. The van der Waals surface area contributed by atoms with Gasteiger partial charge in [0, 0.05) is 24.8 Å². The molecule has 4 rings (SSSR count). The number of aliphatic imine (C=N–C) groups is 1. The highest BCUT2D eigenvalue weighted by molar-refractivity contribution is 8.14. The molecule has 5 heteroatoms. The Balaban J connectivity index is 1.44. The van der Waals surface area contributed by atoms with E-state index in [0.29, 0.717) is 11.8 Å². The highest BCUT2D eigenvalue weighted by Gasteiger charge is 2.32. The van der Waals surface area contributed by atoms with Crippen molar-refractivity contribution in [1.82, 2.24) is 4.90 Å². The number of hydrogen-bond acceptors (Lipinski definition) is 4. The van der Waals surface area contributed by atoms with Crippen molar-refractivity contribution in [2.45, 2.75) is 65.0 Å². The van der Waals surface area contributed by atoms with Gasteiger partial charge in [-0.25, -0.2) is 4.79 Å². The molecule has 1 unspecified atom stereocenters. The van der Waals surface area contributed by atoms with E-state index in [1.807, 2.05) is 37.4 Å². The number of carbonyl (C=O) groups is 1. The monoisotopic (exact) mass is 464 g/mol. The van der Waals surface area contributed by atoms with Crippen LogP contribution in [-0.2, 0) is 4.74 Å². The summed E-state index contributed by atoms with van der Waals surface area (Å²) < 4.78 is 5.54. The zero-order chi connectivity index (χ0) is 23.6. The lowest BCUT2D eigenvalue weighted by Gasteiger charge is -2.33. The Hall–Kier alpha value is -2.27. The van der Waals surface area contributed by atoms with Crippen molar-refractivity contribution < 1.29 is 9.53 Å². The van der Waals surface area contributed by atoms with Crippen molar-refractivity contribution in [2.75, 3.05) is 18.8 Å². The van der Waals surface area contributed by atoms with Gasteiger partial charge in [0.15, 0.2) is 0 Å². The molecule has 0 spiro atoms. The first kappa shape index (κ1) is 23.9. The third-order valence-electron chi connectivity index (χ3n) is 6.38. The summed E-state index contributed by atoms with van der Waals surface area (Å²) in [5.74, 6) is 1.97. The smallest absolute Gasteiger partial charge is 0.410 e. The van der Waals surface area contributed by atoms with Crippen molar-refractivity contribution >= 4 is 22.9 Å². The number of amides is 1. The van der Waals surface area contributed by atoms with Crippen LogP contribution < -0.4 is 0 Å². The molecule has 2 aromatic carbocycles. The number of nitrogens with zero attached hydrogens (tertiary/aromatic N) is 2. The molecule has 1 fully saturated rings. The van der Waals surface area contributed by atoms with Gasteiger partial charge in [-0.3, -0.25) is 4.99 Å². The van der Waals surface area contributed by atoms with Gasteiger partial charge in [0.25, 0.3) is 0 Å². The van der Waals surface area contributed by atoms with Gasteiger partial charge >= 0.3 is 6.09 Å². The minimum absolute atomic E-state index is 0.190. The van der Waals surface area contributed by atoms with E-state index >= 15 is 0 Å². The van der Waals surface area contributed by atoms with Crippen LogP contribution in [-0.4, -0.2) is 40.5 Å². The fraction of sp³-hybridized carbons (Fsp3) is 0.500. The van der Waals surface area contributed by atoms with Crippen molar-refractivity contribution in [3.63, 3.8) is 0 Å². The Labute approximate surface area is 202 Å². The van der Waals surface area contributed by atoms with Crippen LogP contribution >= 0.6 is 11.8 Å². The maximum absolute atomic E-state index is 12.4. The molecule has 1 amide bonds. The van der Waals surface area contributed by atoms with Crippen LogP contribution in [0.25, 0.3) is 11.1 Å². The van der Waals surface area contributed by atoms with E-state index in [2.05, 4.69) is 62.4 Å². The normalized spacial score (nSPS) is 19.6. The van der Waals surface area contributed by atoms with Gasteiger partial charge in [-0.2, -0.15) is 0 Å². The average Bonchev–Trinajstić information content (AvgIpc) is 3.28. The van der Waals surface area contributed by atoms with E-state index in [1.54, 1.807) is 0 Å². The second-order valence-electron chi connectivity index (χ2n) is 10.4. The van der Waals surface area contributed by atoms with Crippen molar-refractivity contribution in [1.29, 1.82) is 0 Å². The predicted molar refractivity (Wildman–Crippen MR) is 139 cm³/mol. The van der Waals surface area contributed by atoms with E-state index in [0.717, 1.165) is 31.7 Å². The van der Waals surface area contributed by atoms with Gasteiger partial charge in [-0.15, -0.1) is 11.8 Å². The first-order valence-electron chi connectivity index (χ1n) is 12.1. The highest BCUT2D eigenvalue weighted by Crippen LogP contribution is 2.40. The Morgan fingerprint density at radius 2 is 1.73 bits per heavy atom. The number of hydrogen-bond donors (Lipinski definition) is 0. The Morgan fingerprint density at radius 1 is 1.06 bits per heavy atom. The summed E-state index contributed by atoms with van der Waals surface area (Å²) in [6, 6.07) is 17.9. The molecule has 0 radical (unpaired) electrons. The molecule has 2 aliphatic rings. The fourth-order valence-electron chi connectivity index (χ4n) is 4.51. The lowest BCUT2D eigenvalue weighted by atomic mass is 9.93. The van der Waals surface area contributed by atoms with Gasteiger partial charge in [-0.05, 0) is 61.8 Å². The molecule has 176 valence electrons. The van der Waals surface area contributed by atoms with E-state index in [-0.39, 0.29) is 12.1 Å². The SMILES string of the molecule is CC(C)c1ccc(-c2ccccc2C2CSC(C3CCN(C(=O)OC(C)(C)C)CC3)=N2)cc1. The van der Waals surface area contributed by atoms with E-state index in [1.165, 1.54) is 27.3 Å². The molecular weight excluding hydrogens is 428 g/mol. The van der Waals surface area contributed by atoms with Crippen molar-refractivity contribution in [3.05, 3.63) is 59.7 Å². The number of rotatable bonds is 4. The van der Waals surface area contributed by atoms with Crippen LogP contribution in [0, 0.1) is 5.92 Å². The summed E-state index contributed by atoms with van der Waals surface area (Å²) in [5.41, 5.74) is 4.77. The molecular formula is C28H36N2O2S. The van der Waals surface area contributed by atoms with Crippen LogP contribution in [0.3, 0.4) is 0 Å². The first-order valence-corrected chi connectivity index (χ1v) is 13.1. The van der Waals surface area contributed by atoms with Crippen LogP contribution in [0.4, 0.5) is 4.79 Å². The second-order valence-corrected chi connectivity index (χ2v) is 11.4. The van der Waals surface area contributed by atoms with Gasteiger partial charge in [0.05, 0.1) is 11.1 Å². The zero-order valence-electron chi connectivity index (χ0n) is 20.5. The summed E-state index contributed by atoms with van der Waals surface area (Å²) in [6.45, 7) is 11.7. The molecule has 33 heavy (non-hydrogen) atoms. The Morgan fingerprint density at radius 3 is 2.36 bits per heavy atom. The summed E-state index contributed by atoms with van der Waals surface area (Å²) >= 11 is 1.90. The molecule has 1 saturated heterocycles. The van der Waals surface area contributed by atoms with Gasteiger partial charge in [-0.1, -0.05) is 62.4 Å². The molecule has 2 heterocycles. The fourth-order valence-corrected chi connectivity index (χ4v) is 5.76. The van der Waals surface area contributed by atoms with Crippen molar-refractivity contribution in [2.24, 2.45) is 10.9 Å². The third-order valence-corrected chi connectivity index (χ3v) is 7.59. The quantitative estimate of drug-likeness (QED) is 0.476. The average molecular weight is 465 g/mol. The molecule has 0 N–H and O–H groups in total. The molecule has 0 aromatic heterocycles. The molecule has 2 aliphatic heterocycles. The number of benzene rings is 2. The van der Waals surface area contributed by atoms with Crippen LogP contribution in [0.1, 0.15) is 70.5 Å². The standard InChI is InChI=1S/C28H36N2O2S/c1-19(2)20-10-12-21(13-11-20)23-8-6-7-9-24(23)25-18-33-26(29-25)22-14-16-30(17-15-22)27(31)32-28(3,4)5/h6-13,19,22,25H,14-18H2,1-5H3. The maximum Gasteiger partial charge on any atom is 0.410 e. The second kappa shape index (κ2) is 9.92. The largest absolute Gasteiger partial charge is 0.444 e.